The summed E-state index contributed by atoms with van der Waals surface area (Å²) < 4.78 is 0. The molecule has 0 aliphatic carbocycles. The molecule has 2 rings (SSSR count). The van der Waals surface area contributed by atoms with Gasteiger partial charge in [-0.25, -0.2) is 10.2 Å². The zero-order chi connectivity index (χ0) is 7.07. The molecule has 0 bridgehead atoms. The molecule has 0 aromatic carbocycles. The van der Waals surface area contributed by atoms with Crippen molar-refractivity contribution in [1.29, 1.82) is 0 Å². The Bertz CT molecular complexity index is 151. The summed E-state index contributed by atoms with van der Waals surface area (Å²) in [5.74, 6) is 0. The molecule has 0 unspecified atom stereocenters. The molecule has 0 aliphatic rings. The predicted octanol–water partition coefficient (Wildman–Crippen LogP) is -1.98. The van der Waals surface area contributed by atoms with Gasteiger partial charge in [-0.1, -0.05) is 0 Å². The first-order valence-electron chi connectivity index (χ1n) is 2.34. The van der Waals surface area contributed by atoms with Gasteiger partial charge in [0.25, 0.3) is 0 Å². The maximum Gasteiger partial charge on any atom is 0.135 e. The van der Waals surface area contributed by atoms with Crippen LogP contribution in [-0.4, -0.2) is 79.0 Å². The Balaban J connectivity index is 0.000000167. The van der Waals surface area contributed by atoms with E-state index in [9.17, 15) is 0 Å². The van der Waals surface area contributed by atoms with E-state index in [2.05, 4.69) is 41.2 Å². The molecule has 0 aliphatic heterocycles. The van der Waals surface area contributed by atoms with Gasteiger partial charge in [0.05, 0.1) is 0 Å². The SMILES string of the molecule is [Ca].c1nnn[nH]1.c1nnn[nH]1. The molecule has 0 saturated carbocycles. The van der Waals surface area contributed by atoms with Gasteiger partial charge >= 0.3 is 0 Å². The molecule has 2 heterocycles. The maximum absolute atomic E-state index is 3.31. The molecule has 0 atom stereocenters. The summed E-state index contributed by atoms with van der Waals surface area (Å²) in [4.78, 5) is 0. The Hall–Kier alpha value is -0.600. The zero-order valence-electron chi connectivity index (χ0n) is 5.55. The summed E-state index contributed by atoms with van der Waals surface area (Å²) in [6, 6.07) is 0. The van der Waals surface area contributed by atoms with E-state index in [4.69, 9.17) is 0 Å². The van der Waals surface area contributed by atoms with Crippen molar-refractivity contribution in [3.63, 3.8) is 0 Å². The van der Waals surface area contributed by atoms with Crippen LogP contribution in [0.1, 0.15) is 0 Å². The van der Waals surface area contributed by atoms with Crippen LogP contribution < -0.4 is 0 Å². The molecule has 8 nitrogen and oxygen atoms in total. The van der Waals surface area contributed by atoms with Crippen molar-refractivity contribution >= 4 is 37.7 Å². The Kier molecular flexibility index (Phi) is 7.10. The number of tetrazole rings is 2. The van der Waals surface area contributed by atoms with E-state index in [-0.39, 0.29) is 37.7 Å². The molecule has 9 heteroatoms. The number of nitrogens with zero attached hydrogens (tertiary/aromatic N) is 6. The third-order valence-electron chi connectivity index (χ3n) is 0.539. The zero-order valence-corrected chi connectivity index (χ0v) is 7.75. The van der Waals surface area contributed by atoms with Crippen molar-refractivity contribution in [2.45, 2.75) is 0 Å². The van der Waals surface area contributed by atoms with E-state index in [0.29, 0.717) is 0 Å². The summed E-state index contributed by atoms with van der Waals surface area (Å²) in [6.07, 6.45) is 2.81. The van der Waals surface area contributed by atoms with Crippen LogP contribution in [0.5, 0.6) is 0 Å². The van der Waals surface area contributed by atoms with Gasteiger partial charge in [-0.05, 0) is 20.9 Å². The fraction of sp³-hybridized carbons (Fsp3) is 0. The Labute approximate surface area is 91.2 Å². The topological polar surface area (TPSA) is 109 Å². The number of aromatic nitrogens is 8. The van der Waals surface area contributed by atoms with Crippen molar-refractivity contribution < 1.29 is 0 Å². The molecule has 2 N–H and O–H groups in total. The normalized spacial score (nSPS) is 7.27. The molecule has 0 amide bonds. The van der Waals surface area contributed by atoms with Gasteiger partial charge < -0.3 is 0 Å². The van der Waals surface area contributed by atoms with Gasteiger partial charge in [0.15, 0.2) is 0 Å². The summed E-state index contributed by atoms with van der Waals surface area (Å²) in [5, 5.41) is 24.2. The van der Waals surface area contributed by atoms with E-state index >= 15 is 0 Å². The molecule has 54 valence electrons. The first-order valence-corrected chi connectivity index (χ1v) is 2.34. The van der Waals surface area contributed by atoms with E-state index in [0.717, 1.165) is 0 Å². The summed E-state index contributed by atoms with van der Waals surface area (Å²) >= 11 is 0. The van der Waals surface area contributed by atoms with Crippen LogP contribution in [0, 0.1) is 0 Å². The Morgan fingerprint density at radius 1 is 0.818 bits per heavy atom. The molecular formula is C2H4CaN8. The molecule has 2 aromatic heterocycles. The van der Waals surface area contributed by atoms with Crippen molar-refractivity contribution in [3.8, 4) is 0 Å². The Morgan fingerprint density at radius 3 is 1.36 bits per heavy atom. The van der Waals surface area contributed by atoms with Crippen molar-refractivity contribution in [3.05, 3.63) is 12.7 Å². The quantitative estimate of drug-likeness (QED) is 0.455. The van der Waals surface area contributed by atoms with Crippen molar-refractivity contribution in [2.75, 3.05) is 0 Å². The monoisotopic (exact) mass is 180 g/mol. The van der Waals surface area contributed by atoms with E-state index in [1.165, 1.54) is 12.7 Å². The second-order valence-electron chi connectivity index (χ2n) is 1.13. The fourth-order valence-corrected chi connectivity index (χ4v) is 0.258. The van der Waals surface area contributed by atoms with Crippen LogP contribution in [0.3, 0.4) is 0 Å². The van der Waals surface area contributed by atoms with Gasteiger partial charge in [0.2, 0.25) is 0 Å². The third kappa shape index (κ3) is 5.83. The second-order valence-corrected chi connectivity index (χ2v) is 1.13. The number of aromatic amines is 2. The minimum absolute atomic E-state index is 0. The van der Waals surface area contributed by atoms with Gasteiger partial charge in [-0.3, -0.25) is 0 Å². The minimum Gasteiger partial charge on any atom is -0.246 e. The first-order chi connectivity index (χ1) is 5.00. The number of H-pyrrole nitrogens is 2. The van der Waals surface area contributed by atoms with Gasteiger partial charge in [-0.15, -0.1) is 10.2 Å². The maximum atomic E-state index is 3.31. The summed E-state index contributed by atoms with van der Waals surface area (Å²) in [7, 11) is 0. The van der Waals surface area contributed by atoms with Crippen LogP contribution in [-0.2, 0) is 0 Å². The van der Waals surface area contributed by atoms with Crippen LogP contribution in [0.25, 0.3) is 0 Å². The van der Waals surface area contributed by atoms with E-state index < -0.39 is 0 Å². The van der Waals surface area contributed by atoms with E-state index in [1.807, 2.05) is 0 Å². The molecule has 2 radical (unpaired) electrons. The number of nitrogens with one attached hydrogen (secondary N) is 2. The molecule has 11 heavy (non-hydrogen) atoms. The van der Waals surface area contributed by atoms with Crippen LogP contribution >= 0.6 is 0 Å². The molecule has 0 spiro atoms. The third-order valence-corrected chi connectivity index (χ3v) is 0.539. The van der Waals surface area contributed by atoms with Crippen molar-refractivity contribution in [1.82, 2.24) is 41.2 Å². The standard InChI is InChI=1S/2CH2N4.Ca/c2*1-2-4-5-3-1;/h2*1H,(H,2,3,4,5);. The second kappa shape index (κ2) is 7.51. The summed E-state index contributed by atoms with van der Waals surface area (Å²) in [6.45, 7) is 0. The number of hydrogen-bond acceptors (Lipinski definition) is 6. The smallest absolute Gasteiger partial charge is 0.135 e. The van der Waals surface area contributed by atoms with Crippen molar-refractivity contribution in [2.24, 2.45) is 0 Å². The average molecular weight is 180 g/mol. The van der Waals surface area contributed by atoms with Gasteiger partial charge in [0, 0.05) is 37.7 Å². The average Bonchev–Trinajstić information content (AvgIpc) is 2.67. The minimum atomic E-state index is 0. The fourth-order valence-electron chi connectivity index (χ4n) is 0.258. The molecule has 2 aromatic rings. The molecule has 0 saturated heterocycles. The van der Waals surface area contributed by atoms with Crippen LogP contribution in [0.15, 0.2) is 12.7 Å². The molecule has 0 fully saturated rings. The van der Waals surface area contributed by atoms with Gasteiger partial charge in [-0.2, -0.15) is 0 Å². The summed E-state index contributed by atoms with van der Waals surface area (Å²) in [5.41, 5.74) is 0. The van der Waals surface area contributed by atoms with Crippen LogP contribution in [0.4, 0.5) is 0 Å². The van der Waals surface area contributed by atoms with E-state index in [1.54, 1.807) is 0 Å². The molecular weight excluding hydrogens is 176 g/mol. The predicted molar refractivity (Wildman–Crippen MR) is 34.1 cm³/mol. The Morgan fingerprint density at radius 2 is 1.27 bits per heavy atom. The number of hydrogen-bond donors (Lipinski definition) is 2. The van der Waals surface area contributed by atoms with Gasteiger partial charge in [0.1, 0.15) is 12.7 Å². The largest absolute Gasteiger partial charge is 0.246 e. The first kappa shape index (κ1) is 10.4. The number of rotatable bonds is 0. The van der Waals surface area contributed by atoms with Crippen LogP contribution in [0.2, 0.25) is 0 Å².